The second-order valence-electron chi connectivity index (χ2n) is 7.46. The van der Waals surface area contributed by atoms with Crippen molar-refractivity contribution in [2.45, 2.75) is 12.6 Å². The first kappa shape index (κ1) is 24.1. The lowest BCUT2D eigenvalue weighted by Gasteiger charge is -2.13. The molecule has 12 nitrogen and oxygen atoms in total. The van der Waals surface area contributed by atoms with E-state index in [2.05, 4.69) is 25.8 Å². The molecule has 0 saturated carbocycles. The number of methoxy groups -OCH3 is 1. The number of hydrogen-bond acceptors (Lipinski definition) is 8. The van der Waals surface area contributed by atoms with Crippen molar-refractivity contribution in [1.29, 1.82) is 0 Å². The van der Waals surface area contributed by atoms with Gasteiger partial charge in [-0.15, -0.1) is 0 Å². The number of ether oxygens (including phenoxy) is 1. The monoisotopic (exact) mass is 499 g/mol. The lowest BCUT2D eigenvalue weighted by atomic mass is 10.1. The average molecular weight is 500 g/mol. The Morgan fingerprint density at radius 1 is 1.26 bits per heavy atom. The van der Waals surface area contributed by atoms with Crippen LogP contribution in [-0.2, 0) is 11.3 Å². The van der Waals surface area contributed by atoms with E-state index in [1.165, 1.54) is 28.7 Å². The minimum atomic E-state index is -0.798. The summed E-state index contributed by atoms with van der Waals surface area (Å²) < 4.78 is 8.23. The number of benzene rings is 1. The summed E-state index contributed by atoms with van der Waals surface area (Å²) >= 11 is 6.20. The lowest BCUT2D eigenvalue weighted by molar-refractivity contribution is -0.123. The van der Waals surface area contributed by atoms with E-state index in [-0.39, 0.29) is 12.1 Å². The number of fused-ring (bicyclic) bond motifs is 1. The predicted molar refractivity (Wildman–Crippen MR) is 126 cm³/mol. The van der Waals surface area contributed by atoms with Crippen molar-refractivity contribution in [3.8, 4) is 17.0 Å². The second kappa shape index (κ2) is 10.5. The first-order chi connectivity index (χ1) is 16.9. The summed E-state index contributed by atoms with van der Waals surface area (Å²) in [6, 6.07) is 5.84. The van der Waals surface area contributed by atoms with Crippen LogP contribution in [-0.4, -0.2) is 72.8 Å². The molecule has 4 aromatic rings. The summed E-state index contributed by atoms with van der Waals surface area (Å²) in [5, 5.41) is 32.7. The quantitative estimate of drug-likeness (QED) is 0.265. The number of carbonyl (C=O) groups excluding carboxylic acids is 2. The van der Waals surface area contributed by atoms with Gasteiger partial charge in [0.1, 0.15) is 23.6 Å². The summed E-state index contributed by atoms with van der Waals surface area (Å²) in [6.07, 6.45) is 6.11. The molecule has 0 bridgehead atoms. The molecule has 0 fully saturated rings. The maximum atomic E-state index is 13.1. The fourth-order valence-corrected chi connectivity index (χ4v) is 3.58. The number of anilines is 1. The average Bonchev–Trinajstić information content (AvgIpc) is 3.46. The second-order valence-corrected chi connectivity index (χ2v) is 7.90. The zero-order valence-corrected chi connectivity index (χ0v) is 19.3. The maximum absolute atomic E-state index is 13.1. The highest BCUT2D eigenvalue weighted by molar-refractivity contribution is 6.31. The van der Waals surface area contributed by atoms with Gasteiger partial charge >= 0.3 is 0 Å². The molecular weight excluding hydrogens is 478 g/mol. The van der Waals surface area contributed by atoms with Gasteiger partial charge in [0, 0.05) is 29.2 Å². The fourth-order valence-electron chi connectivity index (χ4n) is 3.40. The highest BCUT2D eigenvalue weighted by Crippen LogP contribution is 2.36. The van der Waals surface area contributed by atoms with Gasteiger partial charge in [0.25, 0.3) is 5.91 Å². The number of carbonyl (C=O) groups is 2. The third-order valence-corrected chi connectivity index (χ3v) is 5.30. The van der Waals surface area contributed by atoms with Crippen molar-refractivity contribution in [2.75, 3.05) is 25.6 Å². The molecule has 0 aliphatic rings. The van der Waals surface area contributed by atoms with E-state index in [9.17, 15) is 19.8 Å². The van der Waals surface area contributed by atoms with Crippen LogP contribution in [0.25, 0.3) is 16.9 Å². The van der Waals surface area contributed by atoms with Crippen LogP contribution in [0.2, 0.25) is 5.02 Å². The first-order valence-corrected chi connectivity index (χ1v) is 10.8. The van der Waals surface area contributed by atoms with Crippen LogP contribution in [0.3, 0.4) is 0 Å². The van der Waals surface area contributed by atoms with Crippen LogP contribution in [0.1, 0.15) is 10.4 Å². The number of rotatable bonds is 9. The van der Waals surface area contributed by atoms with Crippen LogP contribution >= 0.6 is 11.6 Å². The minimum Gasteiger partial charge on any atom is -0.496 e. The van der Waals surface area contributed by atoms with Crippen LogP contribution in [0.15, 0.2) is 49.1 Å². The van der Waals surface area contributed by atoms with E-state index in [0.717, 1.165) is 0 Å². The molecule has 0 spiro atoms. The van der Waals surface area contributed by atoms with Gasteiger partial charge in [-0.2, -0.15) is 10.2 Å². The van der Waals surface area contributed by atoms with E-state index in [0.29, 0.717) is 33.4 Å². The molecule has 3 aromatic heterocycles. The number of halogens is 1. The SMILES string of the molecule is COc1ccc(Cl)cc1-c1nn(CC(=O)NC(CO)CO)cc1NC(=O)c1cnn2cccnc12. The van der Waals surface area contributed by atoms with E-state index in [1.54, 1.807) is 36.7 Å². The number of aromatic nitrogens is 5. The Hall–Kier alpha value is -4.00. The molecule has 1 aromatic carbocycles. The van der Waals surface area contributed by atoms with Gasteiger partial charge < -0.3 is 25.6 Å². The highest BCUT2D eigenvalue weighted by atomic mass is 35.5. The van der Waals surface area contributed by atoms with Crippen molar-refractivity contribution in [1.82, 2.24) is 29.7 Å². The van der Waals surface area contributed by atoms with Gasteiger partial charge in [0.05, 0.1) is 38.2 Å². The van der Waals surface area contributed by atoms with Crippen molar-refractivity contribution < 1.29 is 24.5 Å². The largest absolute Gasteiger partial charge is 0.496 e. The molecule has 2 amide bonds. The zero-order valence-electron chi connectivity index (χ0n) is 18.6. The molecule has 0 radical (unpaired) electrons. The van der Waals surface area contributed by atoms with Crippen molar-refractivity contribution in [3.05, 3.63) is 59.6 Å². The normalized spacial score (nSPS) is 11.1. The Labute approximate surface area is 204 Å². The van der Waals surface area contributed by atoms with Crippen LogP contribution < -0.4 is 15.4 Å². The van der Waals surface area contributed by atoms with Gasteiger partial charge in [-0.1, -0.05) is 11.6 Å². The fraction of sp³-hybridized carbons (Fsp3) is 0.227. The first-order valence-electron chi connectivity index (χ1n) is 10.5. The van der Waals surface area contributed by atoms with E-state index in [4.69, 9.17) is 16.3 Å². The van der Waals surface area contributed by atoms with E-state index >= 15 is 0 Å². The van der Waals surface area contributed by atoms with Crippen molar-refractivity contribution in [3.63, 3.8) is 0 Å². The molecule has 182 valence electrons. The molecule has 4 N–H and O–H groups in total. The number of aliphatic hydroxyl groups excluding tert-OH is 2. The number of aliphatic hydroxyl groups is 2. The van der Waals surface area contributed by atoms with E-state index < -0.39 is 31.1 Å². The smallest absolute Gasteiger partial charge is 0.261 e. The van der Waals surface area contributed by atoms with Gasteiger partial charge in [0.15, 0.2) is 5.65 Å². The zero-order chi connectivity index (χ0) is 24.9. The Morgan fingerprint density at radius 2 is 2.06 bits per heavy atom. The van der Waals surface area contributed by atoms with Crippen molar-refractivity contribution in [2.24, 2.45) is 0 Å². The molecule has 13 heteroatoms. The Bertz CT molecular complexity index is 1370. The van der Waals surface area contributed by atoms with Crippen LogP contribution in [0, 0.1) is 0 Å². The van der Waals surface area contributed by atoms with Gasteiger partial charge in [-0.25, -0.2) is 9.50 Å². The van der Waals surface area contributed by atoms with Crippen molar-refractivity contribution >= 4 is 34.7 Å². The molecule has 4 rings (SSSR count). The molecule has 0 unspecified atom stereocenters. The summed E-state index contributed by atoms with van der Waals surface area (Å²) in [7, 11) is 1.49. The Balaban J connectivity index is 1.70. The lowest BCUT2D eigenvalue weighted by Crippen LogP contribution is -2.41. The number of nitrogens with zero attached hydrogens (tertiary/aromatic N) is 5. The minimum absolute atomic E-state index is 0.236. The van der Waals surface area contributed by atoms with Gasteiger partial charge in [0.2, 0.25) is 5.91 Å². The van der Waals surface area contributed by atoms with Gasteiger partial charge in [-0.05, 0) is 24.3 Å². The number of hydrogen-bond donors (Lipinski definition) is 4. The molecular formula is C22H22ClN7O5. The molecule has 35 heavy (non-hydrogen) atoms. The standard InChI is InChI=1S/C22H22ClN7O5/c1-35-18-4-3-13(23)7-15(18)20-17(9-29(28-20)10-19(33)26-14(11-31)12-32)27-22(34)16-8-25-30-6-2-5-24-21(16)30/h2-9,14,31-32H,10-12H2,1H3,(H,26,33)(H,27,34). The van der Waals surface area contributed by atoms with E-state index in [1.807, 2.05) is 0 Å². The Kier molecular flexibility index (Phi) is 7.25. The molecule has 0 saturated heterocycles. The van der Waals surface area contributed by atoms with Gasteiger partial charge in [-0.3, -0.25) is 14.3 Å². The summed E-state index contributed by atoms with van der Waals surface area (Å²) in [6.45, 7) is -1.07. The number of amides is 2. The maximum Gasteiger partial charge on any atom is 0.261 e. The third-order valence-electron chi connectivity index (χ3n) is 5.06. The van der Waals surface area contributed by atoms with Crippen LogP contribution in [0.4, 0.5) is 5.69 Å². The number of nitrogens with one attached hydrogen (secondary N) is 2. The van der Waals surface area contributed by atoms with Crippen LogP contribution in [0.5, 0.6) is 5.75 Å². The molecule has 0 atom stereocenters. The highest BCUT2D eigenvalue weighted by Gasteiger charge is 2.22. The molecule has 0 aliphatic heterocycles. The summed E-state index contributed by atoms with van der Waals surface area (Å²) in [4.78, 5) is 29.7. The summed E-state index contributed by atoms with van der Waals surface area (Å²) in [5.41, 5.74) is 1.72. The topological polar surface area (TPSA) is 156 Å². The molecule has 3 heterocycles. The Morgan fingerprint density at radius 3 is 2.80 bits per heavy atom. The third kappa shape index (κ3) is 5.24. The summed E-state index contributed by atoms with van der Waals surface area (Å²) in [5.74, 6) is -0.515. The predicted octanol–water partition coefficient (Wildman–Crippen LogP) is 0.976. The molecule has 0 aliphatic carbocycles.